The fourth-order valence-corrected chi connectivity index (χ4v) is 3.24. The zero-order valence-corrected chi connectivity index (χ0v) is 13.4. The van der Waals surface area contributed by atoms with E-state index in [4.69, 9.17) is 0 Å². The Bertz CT molecular complexity index is 580. The van der Waals surface area contributed by atoms with Crippen LogP contribution in [0, 0.1) is 5.92 Å². The van der Waals surface area contributed by atoms with Crippen LogP contribution in [-0.2, 0) is 14.8 Å². The van der Waals surface area contributed by atoms with E-state index >= 15 is 0 Å². The van der Waals surface area contributed by atoms with Crippen molar-refractivity contribution in [3.8, 4) is 0 Å². The van der Waals surface area contributed by atoms with Gasteiger partial charge in [-0.2, -0.15) is 0 Å². The van der Waals surface area contributed by atoms with E-state index in [-0.39, 0.29) is 11.8 Å². The fourth-order valence-electron chi connectivity index (χ4n) is 2.13. The molecule has 2 rings (SSSR count). The third-order valence-corrected chi connectivity index (χ3v) is 5.04. The summed E-state index contributed by atoms with van der Waals surface area (Å²) in [5, 5.41) is 2.75. The SMILES string of the molecule is CS(=O)(=O)N1CCC(C(=O)Nc2ccc(Br)cn2)CC1. The first-order valence-corrected chi connectivity index (χ1v) is 8.88. The summed E-state index contributed by atoms with van der Waals surface area (Å²) in [6, 6.07) is 3.52. The number of piperidine rings is 1. The topological polar surface area (TPSA) is 79.4 Å². The number of pyridine rings is 1. The second-order valence-electron chi connectivity index (χ2n) is 4.79. The van der Waals surface area contributed by atoms with Gasteiger partial charge in [-0.05, 0) is 40.9 Å². The summed E-state index contributed by atoms with van der Waals surface area (Å²) in [5.41, 5.74) is 0. The molecule has 2 heterocycles. The molecule has 1 aromatic rings. The lowest BCUT2D eigenvalue weighted by molar-refractivity contribution is -0.120. The molecule has 0 spiro atoms. The normalized spacial score (nSPS) is 17.9. The number of nitrogens with one attached hydrogen (secondary N) is 1. The van der Waals surface area contributed by atoms with Crippen molar-refractivity contribution in [3.05, 3.63) is 22.8 Å². The summed E-state index contributed by atoms with van der Waals surface area (Å²) >= 11 is 3.28. The highest BCUT2D eigenvalue weighted by molar-refractivity contribution is 9.10. The third kappa shape index (κ3) is 4.00. The number of sulfonamides is 1. The summed E-state index contributed by atoms with van der Waals surface area (Å²) in [4.78, 5) is 16.2. The minimum Gasteiger partial charge on any atom is -0.310 e. The molecule has 1 fully saturated rings. The van der Waals surface area contributed by atoms with Gasteiger partial charge in [0.05, 0.1) is 6.26 Å². The summed E-state index contributed by atoms with van der Waals surface area (Å²) in [6.07, 6.45) is 3.88. The largest absolute Gasteiger partial charge is 0.310 e. The first-order chi connectivity index (χ1) is 9.36. The van der Waals surface area contributed by atoms with E-state index in [9.17, 15) is 13.2 Å². The van der Waals surface area contributed by atoms with Gasteiger partial charge < -0.3 is 5.32 Å². The zero-order valence-electron chi connectivity index (χ0n) is 11.0. The molecule has 6 nitrogen and oxygen atoms in total. The van der Waals surface area contributed by atoms with Crippen molar-refractivity contribution in [3.63, 3.8) is 0 Å². The molecule has 8 heteroatoms. The second kappa shape index (κ2) is 6.19. The Kier molecular flexibility index (Phi) is 4.77. The number of carbonyl (C=O) groups is 1. The molecule has 1 amide bonds. The third-order valence-electron chi connectivity index (χ3n) is 3.27. The van der Waals surface area contributed by atoms with Crippen LogP contribution in [0.15, 0.2) is 22.8 Å². The lowest BCUT2D eigenvalue weighted by Crippen LogP contribution is -2.40. The Morgan fingerprint density at radius 3 is 2.55 bits per heavy atom. The van der Waals surface area contributed by atoms with Crippen molar-refractivity contribution in [1.29, 1.82) is 0 Å². The molecule has 110 valence electrons. The van der Waals surface area contributed by atoms with E-state index in [0.717, 1.165) is 4.47 Å². The zero-order chi connectivity index (χ0) is 14.8. The minimum atomic E-state index is -3.15. The average molecular weight is 362 g/mol. The van der Waals surface area contributed by atoms with Crippen molar-refractivity contribution >= 4 is 37.7 Å². The number of hydrogen-bond acceptors (Lipinski definition) is 4. The number of amides is 1. The lowest BCUT2D eigenvalue weighted by Gasteiger charge is -2.29. The summed E-state index contributed by atoms with van der Waals surface area (Å²) in [5.74, 6) is 0.232. The van der Waals surface area contributed by atoms with Crippen LogP contribution in [0.2, 0.25) is 0 Å². The summed E-state index contributed by atoms with van der Waals surface area (Å²) in [7, 11) is -3.15. The van der Waals surface area contributed by atoms with E-state index in [2.05, 4.69) is 26.2 Å². The molecular weight excluding hydrogens is 346 g/mol. The molecule has 1 aromatic heterocycles. The molecule has 20 heavy (non-hydrogen) atoms. The van der Waals surface area contributed by atoms with E-state index in [1.165, 1.54) is 10.6 Å². The van der Waals surface area contributed by atoms with Gasteiger partial charge in [0.25, 0.3) is 0 Å². The first-order valence-electron chi connectivity index (χ1n) is 6.24. The smallest absolute Gasteiger partial charge is 0.228 e. The molecule has 1 saturated heterocycles. The monoisotopic (exact) mass is 361 g/mol. The van der Waals surface area contributed by atoms with Crippen LogP contribution in [0.3, 0.4) is 0 Å². The number of anilines is 1. The van der Waals surface area contributed by atoms with E-state index < -0.39 is 10.0 Å². The van der Waals surface area contributed by atoms with E-state index in [0.29, 0.717) is 31.7 Å². The summed E-state index contributed by atoms with van der Waals surface area (Å²) in [6.45, 7) is 0.787. The summed E-state index contributed by atoms with van der Waals surface area (Å²) < 4.78 is 25.0. The Balaban J connectivity index is 1.90. The maximum absolute atomic E-state index is 12.1. The number of rotatable bonds is 3. The van der Waals surface area contributed by atoms with Gasteiger partial charge in [0.2, 0.25) is 15.9 Å². The standard InChI is InChI=1S/C12H16BrN3O3S/c1-20(18,19)16-6-4-9(5-7-16)12(17)15-11-3-2-10(13)8-14-11/h2-3,8-9H,4-7H2,1H3,(H,14,15,17). The molecule has 0 bridgehead atoms. The van der Waals surface area contributed by atoms with Crippen LogP contribution in [0.1, 0.15) is 12.8 Å². The highest BCUT2D eigenvalue weighted by Crippen LogP contribution is 2.21. The number of hydrogen-bond donors (Lipinski definition) is 1. The number of aromatic nitrogens is 1. The maximum Gasteiger partial charge on any atom is 0.228 e. The van der Waals surface area contributed by atoms with Gasteiger partial charge in [-0.1, -0.05) is 0 Å². The molecule has 1 aliphatic heterocycles. The van der Waals surface area contributed by atoms with Crippen LogP contribution >= 0.6 is 15.9 Å². The quantitative estimate of drug-likeness (QED) is 0.883. The molecule has 0 aromatic carbocycles. The van der Waals surface area contributed by atoms with E-state index in [1.807, 2.05) is 0 Å². The highest BCUT2D eigenvalue weighted by Gasteiger charge is 2.28. The molecule has 1 aliphatic rings. The van der Waals surface area contributed by atoms with Gasteiger partial charge in [-0.3, -0.25) is 4.79 Å². The molecule has 0 saturated carbocycles. The van der Waals surface area contributed by atoms with Gasteiger partial charge in [-0.25, -0.2) is 17.7 Å². The van der Waals surface area contributed by atoms with Crippen molar-refractivity contribution in [2.24, 2.45) is 5.92 Å². The predicted octanol–water partition coefficient (Wildman–Crippen LogP) is 1.45. The van der Waals surface area contributed by atoms with Crippen LogP contribution in [0.25, 0.3) is 0 Å². The number of carbonyl (C=O) groups excluding carboxylic acids is 1. The molecule has 1 N–H and O–H groups in total. The van der Waals surface area contributed by atoms with Crippen molar-refractivity contribution in [2.45, 2.75) is 12.8 Å². The minimum absolute atomic E-state index is 0.104. The molecule has 0 radical (unpaired) electrons. The van der Waals surface area contributed by atoms with Gasteiger partial charge in [0.15, 0.2) is 0 Å². The van der Waals surface area contributed by atoms with Gasteiger partial charge in [0, 0.05) is 29.7 Å². The van der Waals surface area contributed by atoms with Crippen molar-refractivity contribution in [1.82, 2.24) is 9.29 Å². The van der Waals surface area contributed by atoms with Gasteiger partial charge >= 0.3 is 0 Å². The fraction of sp³-hybridized carbons (Fsp3) is 0.500. The molecule has 0 atom stereocenters. The van der Waals surface area contributed by atoms with Crippen molar-refractivity contribution in [2.75, 3.05) is 24.7 Å². The Hall–Kier alpha value is -0.990. The van der Waals surface area contributed by atoms with Crippen LogP contribution in [-0.4, -0.2) is 43.0 Å². The highest BCUT2D eigenvalue weighted by atomic mass is 79.9. The van der Waals surface area contributed by atoms with Crippen molar-refractivity contribution < 1.29 is 13.2 Å². The predicted molar refractivity (Wildman–Crippen MR) is 79.7 cm³/mol. The number of nitrogens with zero attached hydrogens (tertiary/aromatic N) is 2. The van der Waals surface area contributed by atoms with Gasteiger partial charge in [0.1, 0.15) is 5.82 Å². The van der Waals surface area contributed by atoms with E-state index in [1.54, 1.807) is 18.3 Å². The molecular formula is C12H16BrN3O3S. The average Bonchev–Trinajstić information content (AvgIpc) is 2.40. The van der Waals surface area contributed by atoms with Crippen LogP contribution in [0.5, 0.6) is 0 Å². The lowest BCUT2D eigenvalue weighted by atomic mass is 9.97. The number of halogens is 1. The Morgan fingerprint density at radius 1 is 1.40 bits per heavy atom. The molecule has 0 aliphatic carbocycles. The van der Waals surface area contributed by atoms with Gasteiger partial charge in [-0.15, -0.1) is 0 Å². The van der Waals surface area contributed by atoms with Crippen LogP contribution in [0.4, 0.5) is 5.82 Å². The van der Waals surface area contributed by atoms with Crippen LogP contribution < -0.4 is 5.32 Å². The second-order valence-corrected chi connectivity index (χ2v) is 7.69. The Morgan fingerprint density at radius 2 is 2.05 bits per heavy atom. The Labute approximate surface area is 126 Å². The molecule has 0 unspecified atom stereocenters. The first kappa shape index (κ1) is 15.4. The maximum atomic E-state index is 12.1.